The lowest BCUT2D eigenvalue weighted by molar-refractivity contribution is -0.153. The Labute approximate surface area is 162 Å². The molecular formula is C20H36N2O5. The molecule has 0 saturated heterocycles. The topological polar surface area (TPSA) is 93.7 Å². The van der Waals surface area contributed by atoms with Crippen LogP contribution in [0.2, 0.25) is 0 Å². The molecule has 0 aromatic carbocycles. The monoisotopic (exact) mass is 384 g/mol. The molecule has 2 amide bonds. The Bertz CT molecular complexity index is 543. The predicted octanol–water partition coefficient (Wildman–Crippen LogP) is 3.16. The molecule has 0 aromatic rings. The fourth-order valence-electron chi connectivity index (χ4n) is 3.67. The Hall–Kier alpha value is -1.79. The van der Waals surface area contributed by atoms with Gasteiger partial charge in [-0.2, -0.15) is 0 Å². The van der Waals surface area contributed by atoms with E-state index in [4.69, 9.17) is 9.47 Å². The Morgan fingerprint density at radius 1 is 1.22 bits per heavy atom. The molecule has 1 aliphatic rings. The first kappa shape index (κ1) is 23.2. The first-order valence-corrected chi connectivity index (χ1v) is 9.73. The highest BCUT2D eigenvalue weighted by atomic mass is 16.6. The Morgan fingerprint density at radius 3 is 2.37 bits per heavy atom. The highest BCUT2D eigenvalue weighted by Crippen LogP contribution is 2.44. The number of carbonyl (C=O) groups is 3. The molecule has 7 heteroatoms. The van der Waals surface area contributed by atoms with Gasteiger partial charge in [0.05, 0.1) is 12.5 Å². The number of nitrogens with one attached hydrogen (secondary N) is 2. The number of esters is 1. The first-order valence-electron chi connectivity index (χ1n) is 9.73. The van der Waals surface area contributed by atoms with Gasteiger partial charge in [0.25, 0.3) is 0 Å². The maximum Gasteiger partial charge on any atom is 0.407 e. The summed E-state index contributed by atoms with van der Waals surface area (Å²) in [4.78, 5) is 35.8. The van der Waals surface area contributed by atoms with Crippen molar-refractivity contribution in [2.24, 2.45) is 11.3 Å². The summed E-state index contributed by atoms with van der Waals surface area (Å²) in [6.07, 6.45) is 2.92. The van der Waals surface area contributed by atoms with E-state index in [1.807, 2.05) is 27.7 Å². The van der Waals surface area contributed by atoms with Gasteiger partial charge in [-0.1, -0.05) is 6.92 Å². The molecule has 1 fully saturated rings. The normalized spacial score (nSPS) is 24.6. The number of methoxy groups -OCH3 is 1. The molecule has 0 bridgehead atoms. The number of ether oxygens (including phenoxy) is 2. The van der Waals surface area contributed by atoms with Crippen molar-refractivity contribution in [2.75, 3.05) is 7.11 Å². The Morgan fingerprint density at radius 2 is 1.85 bits per heavy atom. The second kappa shape index (κ2) is 9.42. The molecule has 0 radical (unpaired) electrons. The molecule has 156 valence electrons. The van der Waals surface area contributed by atoms with Crippen molar-refractivity contribution in [3.8, 4) is 0 Å². The molecule has 0 heterocycles. The van der Waals surface area contributed by atoms with Crippen LogP contribution in [-0.2, 0) is 19.1 Å². The van der Waals surface area contributed by atoms with Crippen molar-refractivity contribution in [1.29, 1.82) is 0 Å². The molecule has 4 unspecified atom stereocenters. The van der Waals surface area contributed by atoms with Crippen LogP contribution in [0.1, 0.15) is 73.6 Å². The van der Waals surface area contributed by atoms with Crippen LogP contribution in [0.3, 0.4) is 0 Å². The smallest absolute Gasteiger partial charge is 0.407 e. The van der Waals surface area contributed by atoms with Crippen LogP contribution in [0.15, 0.2) is 0 Å². The van der Waals surface area contributed by atoms with E-state index in [9.17, 15) is 14.4 Å². The standard InChI is InChI=1S/C20H36N2O5/c1-13(14(2)21-15(3)23)8-10-20(17(24)26-7)11-9-16(12-20)22-18(25)27-19(4,5)6/h13-14,16H,8-12H2,1-7H3,(H,21,23)(H,22,25). The van der Waals surface area contributed by atoms with Crippen LogP contribution in [0.5, 0.6) is 0 Å². The van der Waals surface area contributed by atoms with E-state index in [0.29, 0.717) is 25.7 Å². The summed E-state index contributed by atoms with van der Waals surface area (Å²) in [6, 6.07) is -0.0729. The third-order valence-corrected chi connectivity index (χ3v) is 5.31. The minimum Gasteiger partial charge on any atom is -0.469 e. The van der Waals surface area contributed by atoms with E-state index in [-0.39, 0.29) is 29.9 Å². The van der Waals surface area contributed by atoms with Gasteiger partial charge in [0, 0.05) is 19.0 Å². The van der Waals surface area contributed by atoms with Crippen LogP contribution in [-0.4, -0.2) is 42.8 Å². The largest absolute Gasteiger partial charge is 0.469 e. The van der Waals surface area contributed by atoms with Crippen LogP contribution in [0.25, 0.3) is 0 Å². The summed E-state index contributed by atoms with van der Waals surface area (Å²) in [6.45, 7) is 11.0. The summed E-state index contributed by atoms with van der Waals surface area (Å²) in [5, 5.41) is 5.78. The van der Waals surface area contributed by atoms with Crippen molar-refractivity contribution < 1.29 is 23.9 Å². The number of carbonyl (C=O) groups excluding carboxylic acids is 3. The number of hydrogen-bond acceptors (Lipinski definition) is 5. The molecule has 7 nitrogen and oxygen atoms in total. The number of hydrogen-bond donors (Lipinski definition) is 2. The summed E-state index contributed by atoms with van der Waals surface area (Å²) < 4.78 is 10.4. The van der Waals surface area contributed by atoms with Crippen molar-refractivity contribution in [1.82, 2.24) is 10.6 Å². The molecule has 0 aromatic heterocycles. The van der Waals surface area contributed by atoms with Gasteiger partial charge in [0.2, 0.25) is 5.91 Å². The second-order valence-corrected chi connectivity index (χ2v) is 8.86. The zero-order chi connectivity index (χ0) is 20.8. The zero-order valence-corrected chi connectivity index (χ0v) is 17.8. The fraction of sp³-hybridized carbons (Fsp3) is 0.850. The third-order valence-electron chi connectivity index (χ3n) is 5.31. The first-order chi connectivity index (χ1) is 12.4. The van der Waals surface area contributed by atoms with E-state index < -0.39 is 17.1 Å². The lowest BCUT2D eigenvalue weighted by Crippen LogP contribution is -2.40. The number of rotatable bonds is 7. The third kappa shape index (κ3) is 7.39. The maximum atomic E-state index is 12.5. The molecular weight excluding hydrogens is 348 g/mol. The average Bonchev–Trinajstić information content (AvgIpc) is 2.93. The van der Waals surface area contributed by atoms with Crippen LogP contribution < -0.4 is 10.6 Å². The van der Waals surface area contributed by atoms with Crippen molar-refractivity contribution in [2.45, 2.75) is 91.3 Å². The molecule has 0 spiro atoms. The molecule has 1 rings (SSSR count). The molecule has 1 saturated carbocycles. The van der Waals surface area contributed by atoms with E-state index in [2.05, 4.69) is 17.6 Å². The highest BCUT2D eigenvalue weighted by molar-refractivity contribution is 5.77. The molecule has 4 atom stereocenters. The zero-order valence-electron chi connectivity index (χ0n) is 17.8. The minimum atomic E-state index is -0.599. The summed E-state index contributed by atoms with van der Waals surface area (Å²) in [5.41, 5.74) is -1.16. The summed E-state index contributed by atoms with van der Waals surface area (Å²) >= 11 is 0. The van der Waals surface area contributed by atoms with E-state index in [1.54, 1.807) is 0 Å². The van der Waals surface area contributed by atoms with Gasteiger partial charge < -0.3 is 20.1 Å². The van der Waals surface area contributed by atoms with Crippen molar-refractivity contribution in [3.63, 3.8) is 0 Å². The quantitative estimate of drug-likeness (QED) is 0.658. The van der Waals surface area contributed by atoms with E-state index >= 15 is 0 Å². The highest BCUT2D eigenvalue weighted by Gasteiger charge is 2.46. The van der Waals surface area contributed by atoms with Crippen LogP contribution >= 0.6 is 0 Å². The van der Waals surface area contributed by atoms with E-state index in [0.717, 1.165) is 6.42 Å². The van der Waals surface area contributed by atoms with Gasteiger partial charge >= 0.3 is 12.1 Å². The Balaban J connectivity index is 2.70. The van der Waals surface area contributed by atoms with Crippen molar-refractivity contribution >= 4 is 18.0 Å². The van der Waals surface area contributed by atoms with Gasteiger partial charge in [-0.3, -0.25) is 9.59 Å². The van der Waals surface area contributed by atoms with Gasteiger partial charge in [0.1, 0.15) is 5.60 Å². The molecule has 27 heavy (non-hydrogen) atoms. The fourth-order valence-corrected chi connectivity index (χ4v) is 3.67. The maximum absolute atomic E-state index is 12.5. The van der Waals surface area contributed by atoms with Gasteiger partial charge in [-0.05, 0) is 65.7 Å². The minimum absolute atomic E-state index is 0.0364. The summed E-state index contributed by atoms with van der Waals surface area (Å²) in [5.74, 6) is -0.0526. The Kier molecular flexibility index (Phi) is 8.11. The average molecular weight is 385 g/mol. The van der Waals surface area contributed by atoms with Crippen LogP contribution in [0, 0.1) is 11.3 Å². The lowest BCUT2D eigenvalue weighted by atomic mass is 9.78. The predicted molar refractivity (Wildman–Crippen MR) is 103 cm³/mol. The molecule has 1 aliphatic carbocycles. The number of amides is 2. The molecule has 2 N–H and O–H groups in total. The van der Waals surface area contributed by atoms with Crippen LogP contribution in [0.4, 0.5) is 4.79 Å². The van der Waals surface area contributed by atoms with Gasteiger partial charge in [-0.25, -0.2) is 4.79 Å². The number of alkyl carbamates (subject to hydrolysis) is 1. The van der Waals surface area contributed by atoms with Crippen molar-refractivity contribution in [3.05, 3.63) is 0 Å². The second-order valence-electron chi connectivity index (χ2n) is 8.86. The van der Waals surface area contributed by atoms with Gasteiger partial charge in [0.15, 0.2) is 0 Å². The van der Waals surface area contributed by atoms with Gasteiger partial charge in [-0.15, -0.1) is 0 Å². The lowest BCUT2D eigenvalue weighted by Gasteiger charge is -2.29. The SMILES string of the molecule is COC(=O)C1(CCC(C)C(C)NC(C)=O)CCC(NC(=O)OC(C)(C)C)C1. The molecule has 0 aliphatic heterocycles. The summed E-state index contributed by atoms with van der Waals surface area (Å²) in [7, 11) is 1.40. The van der Waals surface area contributed by atoms with E-state index in [1.165, 1.54) is 14.0 Å².